The molecule has 10 heteroatoms. The fourth-order valence-corrected chi connectivity index (χ4v) is 3.45. The van der Waals surface area contributed by atoms with Crippen molar-refractivity contribution in [3.63, 3.8) is 0 Å². The zero-order valence-corrected chi connectivity index (χ0v) is 19.4. The number of pyridine rings is 2. The van der Waals surface area contributed by atoms with E-state index in [1.165, 1.54) is 23.2 Å². The SMILES string of the molecule is CC1(C)OB(c2cncc(F)c2)OC1(C)C.CC1CC=C(c2cncc(F)c2)N(C(=O)O)C1. The minimum Gasteiger partial charge on any atom is -0.465 e. The second kappa shape index (κ2) is 9.57. The molecule has 0 saturated carbocycles. The topological polar surface area (TPSA) is 84.8 Å². The van der Waals surface area contributed by atoms with Crippen LogP contribution in [0, 0.1) is 17.6 Å². The van der Waals surface area contributed by atoms with Gasteiger partial charge in [-0.1, -0.05) is 13.0 Å². The van der Waals surface area contributed by atoms with Gasteiger partial charge in [0.05, 0.1) is 29.3 Å². The molecule has 2 aromatic heterocycles. The maximum Gasteiger partial charge on any atom is 0.496 e. The maximum atomic E-state index is 13.1. The summed E-state index contributed by atoms with van der Waals surface area (Å²) in [6.07, 6.45) is 6.88. The van der Waals surface area contributed by atoms with Crippen molar-refractivity contribution in [3.05, 3.63) is 60.2 Å². The lowest BCUT2D eigenvalue weighted by molar-refractivity contribution is 0.00578. The van der Waals surface area contributed by atoms with Crippen LogP contribution < -0.4 is 5.46 Å². The van der Waals surface area contributed by atoms with Gasteiger partial charge in [-0.25, -0.2) is 13.6 Å². The van der Waals surface area contributed by atoms with Gasteiger partial charge in [0.2, 0.25) is 0 Å². The van der Waals surface area contributed by atoms with E-state index in [0.717, 1.165) is 18.8 Å². The summed E-state index contributed by atoms with van der Waals surface area (Å²) in [5.41, 5.74) is 0.800. The van der Waals surface area contributed by atoms with Gasteiger partial charge in [0.1, 0.15) is 11.6 Å². The van der Waals surface area contributed by atoms with Crippen LogP contribution in [0.25, 0.3) is 5.70 Å². The predicted octanol–water partition coefficient (Wildman–Crippen LogP) is 4.10. The Morgan fingerprint density at radius 3 is 2.18 bits per heavy atom. The molecule has 0 aromatic carbocycles. The van der Waals surface area contributed by atoms with Crippen LogP contribution in [0.3, 0.4) is 0 Å². The van der Waals surface area contributed by atoms with Gasteiger partial charge in [-0.3, -0.25) is 14.9 Å². The van der Waals surface area contributed by atoms with Crippen molar-refractivity contribution in [2.45, 2.75) is 52.2 Å². The molecule has 4 rings (SSSR count). The largest absolute Gasteiger partial charge is 0.496 e. The van der Waals surface area contributed by atoms with E-state index in [4.69, 9.17) is 14.4 Å². The van der Waals surface area contributed by atoms with E-state index in [9.17, 15) is 13.6 Å². The van der Waals surface area contributed by atoms with E-state index in [2.05, 4.69) is 9.97 Å². The summed E-state index contributed by atoms with van der Waals surface area (Å²) in [7, 11) is -0.548. The lowest BCUT2D eigenvalue weighted by Crippen LogP contribution is -2.41. The quantitative estimate of drug-likeness (QED) is 0.681. The molecular formula is C23H28BF2N3O4. The van der Waals surface area contributed by atoms with Gasteiger partial charge in [-0.2, -0.15) is 0 Å². The van der Waals surface area contributed by atoms with Gasteiger partial charge in [-0.05, 0) is 52.2 Å². The third-order valence-corrected chi connectivity index (χ3v) is 5.98. The summed E-state index contributed by atoms with van der Waals surface area (Å²) < 4.78 is 37.7. The number of halogens is 2. The monoisotopic (exact) mass is 459 g/mol. The van der Waals surface area contributed by atoms with Gasteiger partial charge < -0.3 is 14.4 Å². The number of amides is 1. The number of carbonyl (C=O) groups is 1. The van der Waals surface area contributed by atoms with E-state index >= 15 is 0 Å². The Morgan fingerprint density at radius 2 is 1.64 bits per heavy atom. The minimum absolute atomic E-state index is 0.274. The van der Waals surface area contributed by atoms with E-state index in [0.29, 0.717) is 23.3 Å². The Morgan fingerprint density at radius 1 is 1.06 bits per heavy atom. The maximum absolute atomic E-state index is 13.1. The summed E-state index contributed by atoms with van der Waals surface area (Å²) >= 11 is 0. The molecule has 176 valence electrons. The van der Waals surface area contributed by atoms with Gasteiger partial charge in [0, 0.05) is 30.0 Å². The van der Waals surface area contributed by atoms with Crippen LogP contribution in [0.1, 0.15) is 46.6 Å². The molecule has 4 heterocycles. The lowest BCUT2D eigenvalue weighted by Gasteiger charge is -2.32. The van der Waals surface area contributed by atoms with Gasteiger partial charge in [0.15, 0.2) is 0 Å². The zero-order chi connectivity index (χ0) is 24.4. The van der Waals surface area contributed by atoms with Crippen LogP contribution in [0.15, 0.2) is 43.0 Å². The molecule has 1 amide bonds. The minimum atomic E-state index is -1.02. The highest BCUT2D eigenvalue weighted by Gasteiger charge is 2.51. The van der Waals surface area contributed by atoms with E-state index in [-0.39, 0.29) is 11.7 Å². The molecule has 1 saturated heterocycles. The summed E-state index contributed by atoms with van der Waals surface area (Å²) in [5.74, 6) is -0.573. The third-order valence-electron chi connectivity index (χ3n) is 5.98. The number of nitrogens with zero attached hydrogens (tertiary/aromatic N) is 3. The predicted molar refractivity (Wildman–Crippen MR) is 121 cm³/mol. The zero-order valence-electron chi connectivity index (χ0n) is 19.4. The van der Waals surface area contributed by atoms with Crippen LogP contribution in [-0.4, -0.2) is 50.9 Å². The van der Waals surface area contributed by atoms with Crippen LogP contribution in [-0.2, 0) is 9.31 Å². The molecule has 7 nitrogen and oxygen atoms in total. The molecule has 0 aliphatic carbocycles. The van der Waals surface area contributed by atoms with Gasteiger partial charge in [-0.15, -0.1) is 0 Å². The Balaban J connectivity index is 0.000000186. The first kappa shape index (κ1) is 24.8. The molecule has 33 heavy (non-hydrogen) atoms. The Kier molecular flexibility index (Phi) is 7.19. The Bertz CT molecular complexity index is 1030. The van der Waals surface area contributed by atoms with Crippen molar-refractivity contribution < 1.29 is 28.0 Å². The summed E-state index contributed by atoms with van der Waals surface area (Å²) in [6.45, 7) is 10.2. The molecule has 1 N–H and O–H groups in total. The standard InChI is InChI=1S/C12H13FN2O2.C11H15BFNO2/c1-8-2-3-11(15(7-8)12(16)17)9-4-10(13)6-14-5-9;1-10(2)11(3,4)16-12(15-10)8-5-9(13)7-14-6-8/h3-6,8H,2,7H2,1H3,(H,16,17);5-7H,1-4H3. The fraction of sp³-hybridized carbons (Fsp3) is 0.435. The van der Waals surface area contributed by atoms with Crippen molar-refractivity contribution in [2.24, 2.45) is 5.92 Å². The smallest absolute Gasteiger partial charge is 0.465 e. The molecule has 2 aliphatic rings. The Labute approximate surface area is 192 Å². The van der Waals surface area contributed by atoms with Crippen molar-refractivity contribution in [1.82, 2.24) is 14.9 Å². The average molecular weight is 459 g/mol. The molecule has 2 aliphatic heterocycles. The highest BCUT2D eigenvalue weighted by Crippen LogP contribution is 2.36. The molecule has 1 fully saturated rings. The molecular weight excluding hydrogens is 431 g/mol. The molecule has 1 unspecified atom stereocenters. The molecule has 0 radical (unpaired) electrons. The molecule has 2 aromatic rings. The van der Waals surface area contributed by atoms with Crippen molar-refractivity contribution in [2.75, 3.05) is 6.54 Å². The van der Waals surface area contributed by atoms with Crippen molar-refractivity contribution in [3.8, 4) is 0 Å². The van der Waals surface area contributed by atoms with Crippen LogP contribution in [0.2, 0.25) is 0 Å². The fourth-order valence-electron chi connectivity index (χ4n) is 3.45. The van der Waals surface area contributed by atoms with Crippen LogP contribution in [0.4, 0.5) is 13.6 Å². The first-order chi connectivity index (χ1) is 15.4. The summed E-state index contributed by atoms with van der Waals surface area (Å²) in [4.78, 5) is 19.9. The molecule has 1 atom stereocenters. The highest BCUT2D eigenvalue weighted by molar-refractivity contribution is 6.62. The number of carboxylic acid groups (broad SMARTS) is 1. The first-order valence-corrected chi connectivity index (χ1v) is 10.7. The van der Waals surface area contributed by atoms with Gasteiger partial charge >= 0.3 is 13.2 Å². The number of rotatable bonds is 2. The number of hydrogen-bond acceptors (Lipinski definition) is 5. The third kappa shape index (κ3) is 5.75. The summed E-state index contributed by atoms with van der Waals surface area (Å²) in [5, 5.41) is 9.13. The lowest BCUT2D eigenvalue weighted by atomic mass is 9.80. The van der Waals surface area contributed by atoms with Gasteiger partial charge in [0.25, 0.3) is 0 Å². The Hall–Kier alpha value is -2.85. The summed E-state index contributed by atoms with van der Waals surface area (Å²) in [6, 6.07) is 2.68. The van der Waals surface area contributed by atoms with E-state index in [1.807, 2.05) is 40.7 Å². The van der Waals surface area contributed by atoms with Crippen molar-refractivity contribution in [1.29, 1.82) is 0 Å². The second-order valence-corrected chi connectivity index (χ2v) is 9.24. The van der Waals surface area contributed by atoms with E-state index < -0.39 is 30.2 Å². The number of hydrogen-bond donors (Lipinski definition) is 1. The molecule has 0 spiro atoms. The van der Waals surface area contributed by atoms with Crippen LogP contribution >= 0.6 is 0 Å². The number of aromatic nitrogens is 2. The van der Waals surface area contributed by atoms with Crippen molar-refractivity contribution >= 4 is 24.4 Å². The highest BCUT2D eigenvalue weighted by atomic mass is 19.1. The second-order valence-electron chi connectivity index (χ2n) is 9.24. The first-order valence-electron chi connectivity index (χ1n) is 10.7. The number of allylic oxidation sites excluding steroid dienone is 1. The van der Waals surface area contributed by atoms with Crippen LogP contribution in [0.5, 0.6) is 0 Å². The molecule has 0 bridgehead atoms. The normalized spacial score (nSPS) is 21.2. The van der Waals surface area contributed by atoms with E-state index in [1.54, 1.807) is 6.20 Å². The average Bonchev–Trinajstić information content (AvgIpc) is 2.95.